The molecule has 0 atom stereocenters. The topological polar surface area (TPSA) is 66.9 Å². The zero-order valence-electron chi connectivity index (χ0n) is 12.4. The van der Waals surface area contributed by atoms with E-state index in [1.54, 1.807) is 28.8 Å². The highest BCUT2D eigenvalue weighted by Crippen LogP contribution is 2.38. The Bertz CT molecular complexity index is 915. The van der Waals surface area contributed by atoms with Gasteiger partial charge in [0.2, 0.25) is 5.88 Å². The van der Waals surface area contributed by atoms with Crippen molar-refractivity contribution in [2.24, 2.45) is 10.2 Å². The molecule has 1 amide bonds. The second-order valence-corrected chi connectivity index (χ2v) is 5.33. The van der Waals surface area contributed by atoms with E-state index in [0.29, 0.717) is 11.6 Å². The van der Waals surface area contributed by atoms with E-state index in [0.717, 1.165) is 10.9 Å². The lowest BCUT2D eigenvalue weighted by Crippen LogP contribution is -1.94. The molecule has 2 aromatic carbocycles. The second-order valence-electron chi connectivity index (χ2n) is 4.92. The Labute approximate surface area is 137 Å². The third-order valence-electron chi connectivity index (χ3n) is 3.58. The van der Waals surface area contributed by atoms with Crippen LogP contribution in [0.15, 0.2) is 58.8 Å². The van der Waals surface area contributed by atoms with Crippen LogP contribution in [0.5, 0.6) is 5.88 Å². The minimum absolute atomic E-state index is 0.00981. The smallest absolute Gasteiger partial charge is 0.296 e. The van der Waals surface area contributed by atoms with Crippen LogP contribution in [-0.4, -0.2) is 15.6 Å². The van der Waals surface area contributed by atoms with Gasteiger partial charge >= 0.3 is 0 Å². The number of hydrogen-bond acceptors (Lipinski definition) is 3. The Morgan fingerprint density at radius 2 is 1.87 bits per heavy atom. The van der Waals surface area contributed by atoms with Crippen molar-refractivity contribution in [3.63, 3.8) is 0 Å². The van der Waals surface area contributed by atoms with Gasteiger partial charge in [0.25, 0.3) is 5.91 Å². The second kappa shape index (κ2) is 6.22. The number of azo groups is 1. The number of amides is 1. The zero-order valence-corrected chi connectivity index (χ0v) is 13.2. The molecule has 0 radical (unpaired) electrons. The first-order valence-corrected chi connectivity index (χ1v) is 7.52. The van der Waals surface area contributed by atoms with E-state index in [2.05, 4.69) is 10.2 Å². The molecular formula is C17H14ClN3O2. The minimum atomic E-state index is -0.552. The molecular weight excluding hydrogens is 314 g/mol. The zero-order chi connectivity index (χ0) is 16.4. The van der Waals surface area contributed by atoms with Crippen LogP contribution >= 0.6 is 11.6 Å². The van der Waals surface area contributed by atoms with Gasteiger partial charge < -0.3 is 9.67 Å². The largest absolute Gasteiger partial charge is 0.493 e. The Kier molecular flexibility index (Phi) is 4.12. The van der Waals surface area contributed by atoms with Gasteiger partial charge in [0, 0.05) is 11.9 Å². The van der Waals surface area contributed by atoms with Gasteiger partial charge in [0.15, 0.2) is 5.69 Å². The molecule has 0 unspecified atom stereocenters. The van der Waals surface area contributed by atoms with Crippen LogP contribution in [0.25, 0.3) is 10.9 Å². The van der Waals surface area contributed by atoms with Gasteiger partial charge in [-0.3, -0.25) is 4.79 Å². The van der Waals surface area contributed by atoms with E-state index in [9.17, 15) is 9.90 Å². The van der Waals surface area contributed by atoms with Gasteiger partial charge in [-0.05, 0) is 25.1 Å². The monoisotopic (exact) mass is 327 g/mol. The molecule has 116 valence electrons. The number of benzene rings is 2. The van der Waals surface area contributed by atoms with E-state index in [1.807, 2.05) is 31.2 Å². The first-order valence-electron chi connectivity index (χ1n) is 7.14. The molecule has 0 saturated heterocycles. The van der Waals surface area contributed by atoms with Crippen molar-refractivity contribution < 1.29 is 9.90 Å². The van der Waals surface area contributed by atoms with E-state index >= 15 is 0 Å². The lowest BCUT2D eigenvalue weighted by Gasteiger charge is -2.00. The van der Waals surface area contributed by atoms with Crippen molar-refractivity contribution in [2.45, 2.75) is 13.5 Å². The summed E-state index contributed by atoms with van der Waals surface area (Å²) >= 11 is 5.98. The van der Waals surface area contributed by atoms with Crippen LogP contribution in [0.4, 0.5) is 5.69 Å². The first kappa shape index (κ1) is 15.2. The molecule has 6 heteroatoms. The highest BCUT2D eigenvalue weighted by atomic mass is 35.5. The molecule has 0 aliphatic rings. The third-order valence-corrected chi connectivity index (χ3v) is 3.91. The van der Waals surface area contributed by atoms with Crippen molar-refractivity contribution in [3.05, 3.63) is 59.1 Å². The predicted octanol–water partition coefficient (Wildman–Crippen LogP) is 4.94. The van der Waals surface area contributed by atoms with Gasteiger partial charge in [-0.15, -0.1) is 10.2 Å². The summed E-state index contributed by atoms with van der Waals surface area (Å²) in [6.45, 7) is 2.50. The fourth-order valence-electron chi connectivity index (χ4n) is 2.47. The van der Waals surface area contributed by atoms with Crippen molar-refractivity contribution in [1.29, 1.82) is 0 Å². The Morgan fingerprint density at radius 1 is 1.17 bits per heavy atom. The van der Waals surface area contributed by atoms with Crippen LogP contribution in [0.3, 0.4) is 0 Å². The fourth-order valence-corrected chi connectivity index (χ4v) is 2.69. The Balaban J connectivity index is 2.03. The van der Waals surface area contributed by atoms with Crippen molar-refractivity contribution >= 4 is 34.1 Å². The molecule has 0 bridgehead atoms. The summed E-state index contributed by atoms with van der Waals surface area (Å²) in [7, 11) is 0. The maximum absolute atomic E-state index is 12.1. The van der Waals surface area contributed by atoms with Crippen LogP contribution in [0, 0.1) is 0 Å². The fraction of sp³-hybridized carbons (Fsp3) is 0.118. The number of halogens is 1. The number of rotatable bonds is 3. The van der Waals surface area contributed by atoms with E-state index < -0.39 is 5.91 Å². The SMILES string of the molecule is CCn1c(O)c(N=NC(=O)c2ccccc2Cl)c2ccccc21. The van der Waals surface area contributed by atoms with E-state index in [-0.39, 0.29) is 17.1 Å². The molecule has 1 N–H and O–H groups in total. The number of fused-ring (bicyclic) bond motifs is 1. The average Bonchev–Trinajstić information content (AvgIpc) is 2.84. The number of nitrogens with zero attached hydrogens (tertiary/aromatic N) is 3. The highest BCUT2D eigenvalue weighted by Gasteiger charge is 2.16. The summed E-state index contributed by atoms with van der Waals surface area (Å²) in [5, 5.41) is 19.1. The third kappa shape index (κ3) is 2.71. The lowest BCUT2D eigenvalue weighted by molar-refractivity contribution is 0.0995. The summed E-state index contributed by atoms with van der Waals surface area (Å²) < 4.78 is 1.71. The molecule has 5 nitrogen and oxygen atoms in total. The molecule has 0 aliphatic carbocycles. The Hall–Kier alpha value is -2.66. The molecule has 1 heterocycles. The van der Waals surface area contributed by atoms with Crippen molar-refractivity contribution in [1.82, 2.24) is 4.57 Å². The number of para-hydroxylation sites is 1. The number of hydrogen-bond donors (Lipinski definition) is 1. The minimum Gasteiger partial charge on any atom is -0.493 e. The highest BCUT2D eigenvalue weighted by molar-refractivity contribution is 6.33. The van der Waals surface area contributed by atoms with Crippen LogP contribution in [0.1, 0.15) is 17.3 Å². The summed E-state index contributed by atoms with van der Waals surface area (Å²) in [4.78, 5) is 12.1. The van der Waals surface area contributed by atoms with Gasteiger partial charge in [0.1, 0.15) is 0 Å². The van der Waals surface area contributed by atoms with Gasteiger partial charge in [-0.2, -0.15) is 0 Å². The van der Waals surface area contributed by atoms with Gasteiger partial charge in [-0.1, -0.05) is 41.9 Å². The predicted molar refractivity (Wildman–Crippen MR) is 89.6 cm³/mol. The molecule has 23 heavy (non-hydrogen) atoms. The molecule has 3 aromatic rings. The summed E-state index contributed by atoms with van der Waals surface area (Å²) in [5.41, 5.74) is 1.39. The number of aromatic hydroxyl groups is 1. The average molecular weight is 328 g/mol. The van der Waals surface area contributed by atoms with Crippen LogP contribution in [-0.2, 0) is 6.54 Å². The van der Waals surface area contributed by atoms with Crippen molar-refractivity contribution in [2.75, 3.05) is 0 Å². The number of aromatic nitrogens is 1. The Morgan fingerprint density at radius 3 is 2.61 bits per heavy atom. The van der Waals surface area contributed by atoms with Crippen LogP contribution in [0.2, 0.25) is 5.02 Å². The maximum Gasteiger partial charge on any atom is 0.296 e. The summed E-state index contributed by atoms with van der Waals surface area (Å²) in [6.07, 6.45) is 0. The molecule has 1 aromatic heterocycles. The van der Waals surface area contributed by atoms with Crippen molar-refractivity contribution in [3.8, 4) is 5.88 Å². The number of aryl methyl sites for hydroxylation is 1. The van der Waals surface area contributed by atoms with E-state index in [4.69, 9.17) is 11.6 Å². The van der Waals surface area contributed by atoms with Gasteiger partial charge in [0.05, 0.1) is 16.1 Å². The standard InChI is InChI=1S/C17H14ClN3O2/c1-2-21-14-10-6-4-8-12(14)15(17(21)23)19-20-16(22)11-7-3-5-9-13(11)18/h3-10,23H,2H2,1H3. The lowest BCUT2D eigenvalue weighted by atomic mass is 10.2. The quantitative estimate of drug-likeness (QED) is 0.692. The number of carbonyl (C=O) groups excluding carboxylic acids is 1. The van der Waals surface area contributed by atoms with Crippen LogP contribution < -0.4 is 0 Å². The summed E-state index contributed by atoms with van der Waals surface area (Å²) in [5.74, 6) is -0.562. The molecule has 3 rings (SSSR count). The molecule has 0 saturated carbocycles. The summed E-state index contributed by atoms with van der Waals surface area (Å²) in [6, 6.07) is 14.1. The first-order chi connectivity index (χ1) is 11.1. The van der Waals surface area contributed by atoms with Gasteiger partial charge in [-0.25, -0.2) is 0 Å². The maximum atomic E-state index is 12.1. The van der Waals surface area contributed by atoms with E-state index in [1.165, 1.54) is 0 Å². The molecule has 0 spiro atoms. The molecule has 0 aliphatic heterocycles. The number of carbonyl (C=O) groups is 1. The molecule has 0 fully saturated rings. The normalized spacial score (nSPS) is 11.4.